The summed E-state index contributed by atoms with van der Waals surface area (Å²) in [5.74, 6) is -0.622. The van der Waals surface area contributed by atoms with Gasteiger partial charge in [0, 0.05) is 0 Å². The molecule has 0 aromatic heterocycles. The molecule has 0 radical (unpaired) electrons. The minimum Gasteiger partial charge on any atom is -0.478 e. The molecule has 3 aromatic rings. The van der Waals surface area contributed by atoms with Gasteiger partial charge in [-0.05, 0) is 71.2 Å². The number of nitrogens with one attached hydrogen (secondary N) is 1. The number of benzene rings is 3. The first kappa shape index (κ1) is 22.3. The molecule has 166 valence electrons. The Morgan fingerprint density at radius 2 is 1.82 bits per heavy atom. The van der Waals surface area contributed by atoms with Gasteiger partial charge in [-0.1, -0.05) is 73.3 Å². The maximum absolute atomic E-state index is 12.8. The molecule has 0 aliphatic heterocycles. The lowest BCUT2D eigenvalue weighted by molar-refractivity contribution is -0.115. The number of rotatable bonds is 8. The van der Waals surface area contributed by atoms with Crippen molar-refractivity contribution in [2.75, 3.05) is 5.32 Å². The van der Waals surface area contributed by atoms with Gasteiger partial charge in [0.05, 0.1) is 17.7 Å². The van der Waals surface area contributed by atoms with E-state index in [0.29, 0.717) is 5.69 Å². The van der Waals surface area contributed by atoms with Gasteiger partial charge in [-0.25, -0.2) is 4.79 Å². The predicted molar refractivity (Wildman–Crippen MR) is 134 cm³/mol. The van der Waals surface area contributed by atoms with Gasteiger partial charge in [-0.15, -0.1) is 0 Å². The van der Waals surface area contributed by atoms with Crippen LogP contribution in [0.15, 0.2) is 79.4 Å². The first-order valence-electron chi connectivity index (χ1n) is 11.1. The van der Waals surface area contributed by atoms with Gasteiger partial charge in [-0.3, -0.25) is 4.79 Å². The maximum Gasteiger partial charge on any atom is 0.337 e. The number of hydrogen-bond donors (Lipinski definition) is 2. The molecule has 4 rings (SSSR count). The van der Waals surface area contributed by atoms with Crippen molar-refractivity contribution in [3.8, 4) is 11.1 Å². The summed E-state index contributed by atoms with van der Waals surface area (Å²) in [6, 6.07) is 19.8. The Kier molecular flexibility index (Phi) is 6.55. The molecule has 4 nitrogen and oxygen atoms in total. The molecule has 1 aliphatic rings. The van der Waals surface area contributed by atoms with Crippen LogP contribution in [-0.4, -0.2) is 17.0 Å². The molecule has 1 amide bonds. The van der Waals surface area contributed by atoms with Crippen LogP contribution in [0.2, 0.25) is 0 Å². The molecule has 0 atom stereocenters. The average Bonchev–Trinajstić information content (AvgIpc) is 3.64. The summed E-state index contributed by atoms with van der Waals surface area (Å²) in [4.78, 5) is 24.5. The summed E-state index contributed by atoms with van der Waals surface area (Å²) >= 11 is 0. The van der Waals surface area contributed by atoms with Crippen molar-refractivity contribution in [3.63, 3.8) is 0 Å². The third kappa shape index (κ3) is 5.47. The molecule has 0 unspecified atom stereocenters. The minimum atomic E-state index is -1.09. The highest BCUT2D eigenvalue weighted by Crippen LogP contribution is 2.40. The largest absolute Gasteiger partial charge is 0.478 e. The van der Waals surface area contributed by atoms with E-state index in [-0.39, 0.29) is 17.9 Å². The quantitative estimate of drug-likeness (QED) is 0.389. The predicted octanol–water partition coefficient (Wildman–Crippen LogP) is 6.62. The van der Waals surface area contributed by atoms with Crippen LogP contribution in [-0.2, 0) is 11.2 Å². The molecule has 1 aliphatic carbocycles. The number of carbonyl (C=O) groups excluding carboxylic acids is 1. The summed E-state index contributed by atoms with van der Waals surface area (Å²) in [6.07, 6.45) is 7.89. The lowest BCUT2D eigenvalue weighted by Gasteiger charge is -2.12. The van der Waals surface area contributed by atoms with Crippen molar-refractivity contribution < 1.29 is 14.7 Å². The van der Waals surface area contributed by atoms with Crippen molar-refractivity contribution in [1.29, 1.82) is 0 Å². The number of amides is 1. The third-order valence-corrected chi connectivity index (χ3v) is 5.91. The van der Waals surface area contributed by atoms with Gasteiger partial charge in [0.15, 0.2) is 0 Å². The highest BCUT2D eigenvalue weighted by atomic mass is 16.4. The topological polar surface area (TPSA) is 66.4 Å². The van der Waals surface area contributed by atoms with Crippen LogP contribution in [0.5, 0.6) is 0 Å². The highest BCUT2D eigenvalue weighted by Gasteiger charge is 2.23. The number of hydrogen-bond acceptors (Lipinski definition) is 2. The molecule has 4 heteroatoms. The van der Waals surface area contributed by atoms with Gasteiger partial charge in [-0.2, -0.15) is 0 Å². The van der Waals surface area contributed by atoms with E-state index in [1.165, 1.54) is 18.4 Å². The van der Waals surface area contributed by atoms with E-state index in [2.05, 4.69) is 36.2 Å². The van der Waals surface area contributed by atoms with E-state index >= 15 is 0 Å². The summed E-state index contributed by atoms with van der Waals surface area (Å²) in [5, 5.41) is 12.4. The summed E-state index contributed by atoms with van der Waals surface area (Å²) in [5.41, 5.74) is 6.43. The third-order valence-electron chi connectivity index (χ3n) is 5.91. The molecule has 1 saturated carbocycles. The fourth-order valence-electron chi connectivity index (χ4n) is 3.96. The van der Waals surface area contributed by atoms with Gasteiger partial charge in [0.1, 0.15) is 0 Å². The Morgan fingerprint density at radius 3 is 2.48 bits per heavy atom. The molecule has 3 aromatic carbocycles. The number of carboxylic acid groups (broad SMARTS) is 1. The molecular weight excluding hydrogens is 410 g/mol. The molecule has 0 bridgehead atoms. The fraction of sp³-hybridized carbons (Fsp3) is 0.172. The Labute approximate surface area is 194 Å². The van der Waals surface area contributed by atoms with Crippen LogP contribution in [0.4, 0.5) is 5.69 Å². The van der Waals surface area contributed by atoms with Crippen molar-refractivity contribution >= 4 is 23.6 Å². The second-order valence-electron chi connectivity index (χ2n) is 8.48. The van der Waals surface area contributed by atoms with Gasteiger partial charge in [0.25, 0.3) is 0 Å². The maximum atomic E-state index is 12.8. The first-order valence-corrected chi connectivity index (χ1v) is 11.1. The van der Waals surface area contributed by atoms with E-state index in [1.807, 2.05) is 31.2 Å². The summed E-state index contributed by atoms with van der Waals surface area (Å²) < 4.78 is 0. The number of carboxylic acids is 1. The van der Waals surface area contributed by atoms with Crippen LogP contribution >= 0.6 is 0 Å². The normalized spacial score (nSPS) is 13.1. The second kappa shape index (κ2) is 9.70. The lowest BCUT2D eigenvalue weighted by atomic mass is 9.99. The summed E-state index contributed by atoms with van der Waals surface area (Å²) in [7, 11) is 0. The van der Waals surface area contributed by atoms with Crippen LogP contribution in [0.3, 0.4) is 0 Å². The standard InChI is InChI=1S/C29H27NO3/c1-3-4-7-24-18-26(29(32)33)27(15-19(24)2)30-28(31)17-20-6-5-8-25(16-20)23-13-11-22(12-14-23)21-9-10-21/h3-8,11-16,18,21H,1,9-10,17H2,2H3,(H,30,31)(H,32,33)/b7-4-. The molecule has 2 N–H and O–H groups in total. The molecule has 0 saturated heterocycles. The number of aromatic carboxylic acids is 1. The monoisotopic (exact) mass is 437 g/mol. The Balaban J connectivity index is 1.50. The minimum absolute atomic E-state index is 0.0576. The second-order valence-corrected chi connectivity index (χ2v) is 8.48. The number of carbonyl (C=O) groups is 2. The molecular formula is C29H27NO3. The van der Waals surface area contributed by atoms with Crippen molar-refractivity contribution in [3.05, 3.63) is 107 Å². The van der Waals surface area contributed by atoms with E-state index in [1.54, 1.807) is 30.4 Å². The highest BCUT2D eigenvalue weighted by molar-refractivity contribution is 6.01. The fourth-order valence-corrected chi connectivity index (χ4v) is 3.96. The Hall–Kier alpha value is -3.92. The number of allylic oxidation sites excluding steroid dienone is 2. The van der Waals surface area contributed by atoms with Gasteiger partial charge >= 0.3 is 5.97 Å². The number of anilines is 1. The van der Waals surface area contributed by atoms with Gasteiger partial charge in [0.2, 0.25) is 5.91 Å². The van der Waals surface area contributed by atoms with E-state index in [4.69, 9.17) is 0 Å². The van der Waals surface area contributed by atoms with Crippen LogP contribution in [0.25, 0.3) is 17.2 Å². The van der Waals surface area contributed by atoms with Crippen molar-refractivity contribution in [1.82, 2.24) is 0 Å². The smallest absolute Gasteiger partial charge is 0.337 e. The van der Waals surface area contributed by atoms with Crippen LogP contribution < -0.4 is 5.32 Å². The summed E-state index contributed by atoms with van der Waals surface area (Å²) in [6.45, 7) is 5.52. The Morgan fingerprint density at radius 1 is 1.06 bits per heavy atom. The Bertz CT molecular complexity index is 1230. The molecule has 1 fully saturated rings. The zero-order chi connectivity index (χ0) is 23.4. The SMILES string of the molecule is C=C/C=C\c1cc(C(=O)O)c(NC(=O)Cc2cccc(-c3ccc(C4CC4)cc3)c2)cc1C. The first-order chi connectivity index (χ1) is 15.9. The van der Waals surface area contributed by atoms with Crippen LogP contribution in [0.1, 0.15) is 51.4 Å². The van der Waals surface area contributed by atoms with E-state index in [9.17, 15) is 14.7 Å². The van der Waals surface area contributed by atoms with Crippen LogP contribution in [0, 0.1) is 6.92 Å². The zero-order valence-electron chi connectivity index (χ0n) is 18.7. The number of aryl methyl sites for hydroxylation is 1. The van der Waals surface area contributed by atoms with Crippen molar-refractivity contribution in [2.45, 2.75) is 32.1 Å². The van der Waals surface area contributed by atoms with E-state index in [0.717, 1.165) is 33.7 Å². The average molecular weight is 438 g/mol. The van der Waals surface area contributed by atoms with Crippen molar-refractivity contribution in [2.24, 2.45) is 0 Å². The zero-order valence-corrected chi connectivity index (χ0v) is 18.7. The lowest BCUT2D eigenvalue weighted by Crippen LogP contribution is -2.17. The molecule has 0 heterocycles. The molecule has 0 spiro atoms. The van der Waals surface area contributed by atoms with Gasteiger partial charge < -0.3 is 10.4 Å². The molecule has 33 heavy (non-hydrogen) atoms. The van der Waals surface area contributed by atoms with E-state index < -0.39 is 5.97 Å².